The van der Waals surface area contributed by atoms with E-state index in [-0.39, 0.29) is 18.1 Å². The van der Waals surface area contributed by atoms with Crippen LogP contribution >= 0.6 is 0 Å². The van der Waals surface area contributed by atoms with Gasteiger partial charge in [0, 0.05) is 17.5 Å². The summed E-state index contributed by atoms with van der Waals surface area (Å²) < 4.78 is 12.9. The largest absolute Gasteiger partial charge is 0.493 e. The van der Waals surface area contributed by atoms with Crippen molar-refractivity contribution in [2.24, 2.45) is 0 Å². The quantitative estimate of drug-likeness (QED) is 0.521. The second kappa shape index (κ2) is 9.10. The summed E-state index contributed by atoms with van der Waals surface area (Å²) >= 11 is 0. The van der Waals surface area contributed by atoms with Gasteiger partial charge in [-0.15, -0.1) is 0 Å². The molecule has 7 nitrogen and oxygen atoms in total. The van der Waals surface area contributed by atoms with Crippen LogP contribution in [0.25, 0.3) is 5.69 Å². The summed E-state index contributed by atoms with van der Waals surface area (Å²) in [5, 5.41) is 7.62. The number of amides is 1. The Kier molecular flexibility index (Phi) is 6.22. The molecule has 0 aliphatic carbocycles. The number of rotatable bonds is 7. The van der Waals surface area contributed by atoms with E-state index in [1.165, 1.54) is 5.56 Å². The zero-order chi connectivity index (χ0) is 23.7. The molecule has 0 spiro atoms. The summed E-state index contributed by atoms with van der Waals surface area (Å²) in [4.78, 5) is 26.2. The van der Waals surface area contributed by atoms with Crippen LogP contribution < -0.4 is 14.8 Å². The van der Waals surface area contributed by atoms with Crippen LogP contribution in [0.2, 0.25) is 0 Å². The number of anilines is 1. The van der Waals surface area contributed by atoms with Gasteiger partial charge in [0.2, 0.25) is 5.91 Å². The van der Waals surface area contributed by atoms with Gasteiger partial charge in [0.05, 0.1) is 31.0 Å². The Balaban J connectivity index is 1.74. The molecule has 0 saturated heterocycles. The minimum atomic E-state index is -0.624. The molecule has 0 unspecified atom stereocenters. The molecule has 33 heavy (non-hydrogen) atoms. The average molecular weight is 448 g/mol. The zero-order valence-electron chi connectivity index (χ0n) is 19.7. The van der Waals surface area contributed by atoms with E-state index < -0.39 is 5.92 Å². The molecule has 7 heteroatoms. The Morgan fingerprint density at radius 1 is 1.12 bits per heavy atom. The molecule has 3 aromatic rings. The number of aryl methyl sites for hydroxylation is 3. The molecule has 0 bridgehead atoms. The molecule has 1 N–H and O–H groups in total. The number of ketones is 1. The maximum atomic E-state index is 13.6. The standard InChI is InChI=1S/C26H29N3O4/c1-6-11-33-21-10-8-18(13-22(21)32-5)25(31)20-14-23(30)27-26-24(20)17(4)28-29(26)19-9-7-15(2)16(3)12-19/h7-10,12-13,20H,6,11,14H2,1-5H3,(H,27,30)/t20-/m1/s1. The number of ether oxygens (including phenoxy) is 2. The third-order valence-corrected chi connectivity index (χ3v) is 6.06. The number of aromatic nitrogens is 2. The van der Waals surface area contributed by atoms with Gasteiger partial charge in [0.15, 0.2) is 17.3 Å². The van der Waals surface area contributed by atoms with Crippen LogP contribution in [0, 0.1) is 20.8 Å². The number of carbonyl (C=O) groups excluding carboxylic acids is 2. The van der Waals surface area contributed by atoms with Crippen LogP contribution in [0.15, 0.2) is 36.4 Å². The van der Waals surface area contributed by atoms with E-state index in [1.807, 2.05) is 45.9 Å². The highest BCUT2D eigenvalue weighted by Crippen LogP contribution is 2.39. The van der Waals surface area contributed by atoms with Gasteiger partial charge < -0.3 is 14.8 Å². The fourth-order valence-corrected chi connectivity index (χ4v) is 4.17. The highest BCUT2D eigenvalue weighted by Gasteiger charge is 2.36. The molecular formula is C26H29N3O4. The number of nitrogens with one attached hydrogen (secondary N) is 1. The van der Waals surface area contributed by atoms with E-state index in [1.54, 1.807) is 30.0 Å². The third-order valence-electron chi connectivity index (χ3n) is 6.06. The van der Waals surface area contributed by atoms with E-state index in [0.717, 1.165) is 28.9 Å². The lowest BCUT2D eigenvalue weighted by Gasteiger charge is -2.23. The highest BCUT2D eigenvalue weighted by molar-refractivity contribution is 6.08. The van der Waals surface area contributed by atoms with E-state index in [0.29, 0.717) is 29.5 Å². The van der Waals surface area contributed by atoms with Gasteiger partial charge in [-0.05, 0) is 68.7 Å². The first-order valence-electron chi connectivity index (χ1n) is 11.2. The second-order valence-corrected chi connectivity index (χ2v) is 8.41. The topological polar surface area (TPSA) is 82.5 Å². The van der Waals surface area contributed by atoms with Crippen LogP contribution in [0.1, 0.15) is 58.4 Å². The van der Waals surface area contributed by atoms with Crippen LogP contribution in [0.3, 0.4) is 0 Å². The lowest BCUT2D eigenvalue weighted by molar-refractivity contribution is -0.116. The Morgan fingerprint density at radius 3 is 2.61 bits per heavy atom. The number of Topliss-reactive ketones (excluding diaryl/α,β-unsaturated/α-hetero) is 1. The number of methoxy groups -OCH3 is 1. The zero-order valence-corrected chi connectivity index (χ0v) is 19.7. The molecule has 1 aliphatic heterocycles. The average Bonchev–Trinajstić information content (AvgIpc) is 3.14. The lowest BCUT2D eigenvalue weighted by atomic mass is 9.85. The number of hydrogen-bond donors (Lipinski definition) is 1. The van der Waals surface area contributed by atoms with Gasteiger partial charge in [0.25, 0.3) is 0 Å². The molecule has 1 atom stereocenters. The number of benzene rings is 2. The molecule has 172 valence electrons. The fraction of sp³-hybridized carbons (Fsp3) is 0.346. The van der Waals surface area contributed by atoms with E-state index >= 15 is 0 Å². The van der Waals surface area contributed by atoms with Crippen LogP contribution in [0.4, 0.5) is 5.82 Å². The van der Waals surface area contributed by atoms with Gasteiger partial charge in [0.1, 0.15) is 5.82 Å². The first-order valence-corrected chi connectivity index (χ1v) is 11.2. The van der Waals surface area contributed by atoms with Gasteiger partial charge in [-0.2, -0.15) is 5.10 Å². The number of hydrogen-bond acceptors (Lipinski definition) is 5. The van der Waals surface area contributed by atoms with Gasteiger partial charge in [-0.3, -0.25) is 9.59 Å². The SMILES string of the molecule is CCCOc1ccc(C(=O)[C@@H]2CC(=O)Nc3c2c(C)nn3-c2ccc(C)c(C)c2)cc1OC. The summed E-state index contributed by atoms with van der Waals surface area (Å²) in [5.74, 6) is 0.672. The van der Waals surface area contributed by atoms with E-state index in [2.05, 4.69) is 10.4 Å². The summed E-state index contributed by atoms with van der Waals surface area (Å²) in [5.41, 5.74) is 5.09. The van der Waals surface area contributed by atoms with Gasteiger partial charge in [-0.1, -0.05) is 13.0 Å². The Hall–Kier alpha value is -3.61. The molecule has 1 aromatic heterocycles. The van der Waals surface area contributed by atoms with Crippen molar-refractivity contribution >= 4 is 17.5 Å². The minimum Gasteiger partial charge on any atom is -0.493 e. The maximum absolute atomic E-state index is 13.6. The summed E-state index contributed by atoms with van der Waals surface area (Å²) in [6, 6.07) is 11.2. The Bertz CT molecular complexity index is 1230. The lowest BCUT2D eigenvalue weighted by Crippen LogP contribution is -2.28. The number of fused-ring (bicyclic) bond motifs is 1. The van der Waals surface area contributed by atoms with Crippen molar-refractivity contribution in [1.29, 1.82) is 0 Å². The molecule has 1 amide bonds. The summed E-state index contributed by atoms with van der Waals surface area (Å²) in [7, 11) is 1.55. The normalized spacial score (nSPS) is 15.1. The fourth-order valence-electron chi connectivity index (χ4n) is 4.17. The van der Waals surface area contributed by atoms with Crippen LogP contribution in [0.5, 0.6) is 11.5 Å². The van der Waals surface area contributed by atoms with Gasteiger partial charge >= 0.3 is 0 Å². The van der Waals surface area contributed by atoms with Crippen LogP contribution in [-0.4, -0.2) is 35.2 Å². The summed E-state index contributed by atoms with van der Waals surface area (Å²) in [6.07, 6.45) is 0.940. The monoisotopic (exact) mass is 447 g/mol. The molecule has 2 aromatic carbocycles. The molecular weight excluding hydrogens is 418 g/mol. The molecule has 1 aliphatic rings. The van der Waals surface area contributed by atoms with E-state index in [9.17, 15) is 9.59 Å². The van der Waals surface area contributed by atoms with Crippen molar-refractivity contribution in [3.8, 4) is 17.2 Å². The van der Waals surface area contributed by atoms with Crippen molar-refractivity contribution < 1.29 is 19.1 Å². The predicted octanol–water partition coefficient (Wildman–Crippen LogP) is 4.90. The number of nitrogens with zero attached hydrogens (tertiary/aromatic N) is 2. The Labute approximate surface area is 193 Å². The molecule has 4 rings (SSSR count). The predicted molar refractivity (Wildman–Crippen MR) is 127 cm³/mol. The molecule has 0 saturated carbocycles. The first-order chi connectivity index (χ1) is 15.8. The molecule has 0 fully saturated rings. The van der Waals surface area contributed by atoms with Gasteiger partial charge in [-0.25, -0.2) is 4.68 Å². The molecule has 2 heterocycles. The first kappa shape index (κ1) is 22.6. The Morgan fingerprint density at radius 2 is 1.91 bits per heavy atom. The van der Waals surface area contributed by atoms with Crippen molar-refractivity contribution in [2.45, 2.75) is 46.5 Å². The third kappa shape index (κ3) is 4.23. The van der Waals surface area contributed by atoms with Crippen molar-refractivity contribution in [3.05, 3.63) is 64.3 Å². The van der Waals surface area contributed by atoms with Crippen molar-refractivity contribution in [2.75, 3.05) is 19.0 Å². The van der Waals surface area contributed by atoms with Crippen molar-refractivity contribution in [1.82, 2.24) is 9.78 Å². The minimum absolute atomic E-state index is 0.0711. The number of carbonyl (C=O) groups is 2. The maximum Gasteiger partial charge on any atom is 0.226 e. The molecule has 0 radical (unpaired) electrons. The smallest absolute Gasteiger partial charge is 0.226 e. The van der Waals surface area contributed by atoms with Crippen LogP contribution in [-0.2, 0) is 4.79 Å². The summed E-state index contributed by atoms with van der Waals surface area (Å²) in [6.45, 7) is 8.54. The van der Waals surface area contributed by atoms with Crippen molar-refractivity contribution in [3.63, 3.8) is 0 Å². The second-order valence-electron chi connectivity index (χ2n) is 8.41. The van der Waals surface area contributed by atoms with E-state index in [4.69, 9.17) is 9.47 Å². The highest BCUT2D eigenvalue weighted by atomic mass is 16.5.